The molecule has 0 radical (unpaired) electrons. The molecule has 0 aromatic carbocycles. The van der Waals surface area contributed by atoms with Gasteiger partial charge in [-0.2, -0.15) is 0 Å². The minimum absolute atomic E-state index is 0.189. The van der Waals surface area contributed by atoms with Gasteiger partial charge in [0.1, 0.15) is 0 Å². The molecule has 0 amide bonds. The van der Waals surface area contributed by atoms with Crippen LogP contribution in [0.25, 0.3) is 0 Å². The van der Waals surface area contributed by atoms with Gasteiger partial charge in [0.25, 0.3) is 6.43 Å². The molecule has 3 nitrogen and oxygen atoms in total. The first kappa shape index (κ1) is 7.84. The third-order valence-corrected chi connectivity index (χ3v) is 1.17. The number of hydrogen-bond acceptors (Lipinski definition) is 3. The zero-order chi connectivity index (χ0) is 8.43. The van der Waals surface area contributed by atoms with Crippen LogP contribution >= 0.6 is 0 Å². The van der Waals surface area contributed by atoms with Crippen molar-refractivity contribution in [2.75, 3.05) is 0 Å². The first-order valence-corrected chi connectivity index (χ1v) is 2.80. The molecular formula is C6H4F2O3. The number of alkyl halides is 2. The summed E-state index contributed by atoms with van der Waals surface area (Å²) in [6, 6.07) is 0. The van der Waals surface area contributed by atoms with Crippen LogP contribution in [-0.4, -0.2) is 24.6 Å². The van der Waals surface area contributed by atoms with E-state index in [9.17, 15) is 18.4 Å². The van der Waals surface area contributed by atoms with Crippen LogP contribution in [0.1, 0.15) is 0 Å². The van der Waals surface area contributed by atoms with E-state index in [1.807, 2.05) is 0 Å². The Bertz CT molecular complexity index is 222. The molecule has 60 valence electrons. The van der Waals surface area contributed by atoms with Gasteiger partial charge in [0.05, 0.1) is 0 Å². The molecule has 1 unspecified atom stereocenters. The van der Waals surface area contributed by atoms with Crippen molar-refractivity contribution in [3.8, 4) is 0 Å². The summed E-state index contributed by atoms with van der Waals surface area (Å²) >= 11 is 0. The summed E-state index contributed by atoms with van der Waals surface area (Å²) in [7, 11) is 0. The Hall–Kier alpha value is -1.26. The fraction of sp³-hybridized carbons (Fsp3) is 0.333. The Morgan fingerprint density at radius 1 is 1.64 bits per heavy atom. The molecule has 0 aliphatic carbocycles. The van der Waals surface area contributed by atoms with Crippen molar-refractivity contribution in [2.45, 2.75) is 12.5 Å². The Morgan fingerprint density at radius 3 is 2.55 bits per heavy atom. The highest BCUT2D eigenvalue weighted by molar-refractivity contribution is 6.05. The fourth-order valence-electron chi connectivity index (χ4n) is 0.670. The lowest BCUT2D eigenvalue weighted by Gasteiger charge is -2.03. The van der Waals surface area contributed by atoms with Crippen molar-refractivity contribution < 1.29 is 23.1 Å². The van der Waals surface area contributed by atoms with Crippen molar-refractivity contribution in [2.24, 2.45) is 0 Å². The molecule has 0 saturated heterocycles. The van der Waals surface area contributed by atoms with Crippen LogP contribution in [0.15, 0.2) is 11.8 Å². The molecule has 1 aliphatic rings. The normalized spacial score (nSPS) is 23.4. The summed E-state index contributed by atoms with van der Waals surface area (Å²) < 4.78 is 27.8. The molecule has 0 N–H and O–H groups in total. The van der Waals surface area contributed by atoms with Gasteiger partial charge in [-0.1, -0.05) is 0 Å². The predicted octanol–water partition coefficient (Wildman–Crippen LogP) is 0.302. The molecule has 11 heavy (non-hydrogen) atoms. The summed E-state index contributed by atoms with van der Waals surface area (Å²) in [6.45, 7) is 0. The summed E-state index contributed by atoms with van der Waals surface area (Å²) in [6.07, 6.45) is -3.36. The van der Waals surface area contributed by atoms with Crippen molar-refractivity contribution >= 4 is 12.1 Å². The third-order valence-electron chi connectivity index (χ3n) is 1.17. The molecule has 5 heteroatoms. The van der Waals surface area contributed by atoms with E-state index in [1.54, 1.807) is 0 Å². The number of aldehydes is 1. The van der Waals surface area contributed by atoms with Crippen LogP contribution in [0.5, 0.6) is 0 Å². The third kappa shape index (κ3) is 1.42. The van der Waals surface area contributed by atoms with Crippen LogP contribution in [0.4, 0.5) is 8.78 Å². The maximum Gasteiger partial charge on any atom is 0.294 e. The lowest BCUT2D eigenvalue weighted by atomic mass is 10.3. The number of ketones is 1. The van der Waals surface area contributed by atoms with Crippen LogP contribution in [0, 0.1) is 0 Å². The fourth-order valence-corrected chi connectivity index (χ4v) is 0.670. The highest BCUT2D eigenvalue weighted by Crippen LogP contribution is 2.18. The summed E-state index contributed by atoms with van der Waals surface area (Å²) in [4.78, 5) is 20.5. The molecule has 0 spiro atoms. The maximum atomic E-state index is 11.8. The van der Waals surface area contributed by atoms with Crippen molar-refractivity contribution in [3.63, 3.8) is 0 Å². The van der Waals surface area contributed by atoms with Gasteiger partial charge in [-0.3, -0.25) is 9.59 Å². The van der Waals surface area contributed by atoms with Crippen LogP contribution in [0.2, 0.25) is 0 Å². The average molecular weight is 162 g/mol. The van der Waals surface area contributed by atoms with E-state index < -0.39 is 24.1 Å². The molecular weight excluding hydrogens is 158 g/mol. The first-order chi connectivity index (χ1) is 5.15. The first-order valence-electron chi connectivity index (χ1n) is 2.80. The molecule has 1 heterocycles. The minimum Gasteiger partial charge on any atom is -0.473 e. The van der Waals surface area contributed by atoms with Crippen molar-refractivity contribution in [1.82, 2.24) is 0 Å². The Labute approximate surface area is 60.6 Å². The van der Waals surface area contributed by atoms with Gasteiger partial charge in [-0.05, 0) is 0 Å². The molecule has 0 bridgehead atoms. The number of ether oxygens (including phenoxy) is 1. The van der Waals surface area contributed by atoms with Crippen LogP contribution in [-0.2, 0) is 14.3 Å². The number of hydrogen-bond donors (Lipinski definition) is 0. The number of carbonyl (C=O) groups is 2. The van der Waals surface area contributed by atoms with Crippen molar-refractivity contribution in [1.29, 1.82) is 0 Å². The van der Waals surface area contributed by atoms with Gasteiger partial charge in [0, 0.05) is 6.08 Å². The second kappa shape index (κ2) is 2.77. The van der Waals surface area contributed by atoms with E-state index in [0.717, 1.165) is 0 Å². The second-order valence-electron chi connectivity index (χ2n) is 1.92. The lowest BCUT2D eigenvalue weighted by molar-refractivity contribution is -0.128. The molecule has 0 aromatic rings. The SMILES string of the molecule is O=CC1OC(C(F)F)=CC1=O. The summed E-state index contributed by atoms with van der Waals surface area (Å²) in [5.41, 5.74) is 0. The molecule has 1 aliphatic heterocycles. The average Bonchev–Trinajstić information content (AvgIpc) is 2.31. The summed E-state index contributed by atoms with van der Waals surface area (Å²) in [5.74, 6) is -1.46. The lowest BCUT2D eigenvalue weighted by Crippen LogP contribution is -2.17. The largest absolute Gasteiger partial charge is 0.473 e. The number of carbonyl (C=O) groups excluding carboxylic acids is 2. The van der Waals surface area contributed by atoms with E-state index >= 15 is 0 Å². The second-order valence-corrected chi connectivity index (χ2v) is 1.92. The molecule has 1 atom stereocenters. The summed E-state index contributed by atoms with van der Waals surface area (Å²) in [5, 5.41) is 0. The quantitative estimate of drug-likeness (QED) is 0.433. The Morgan fingerprint density at radius 2 is 2.27 bits per heavy atom. The van der Waals surface area contributed by atoms with E-state index in [-0.39, 0.29) is 6.29 Å². The minimum atomic E-state index is -2.83. The van der Waals surface area contributed by atoms with Crippen LogP contribution in [0.3, 0.4) is 0 Å². The number of allylic oxidation sites excluding steroid dienone is 1. The molecule has 0 saturated carbocycles. The smallest absolute Gasteiger partial charge is 0.294 e. The predicted molar refractivity (Wildman–Crippen MR) is 30.0 cm³/mol. The Balaban J connectivity index is 2.70. The highest BCUT2D eigenvalue weighted by atomic mass is 19.3. The molecule has 0 fully saturated rings. The van der Waals surface area contributed by atoms with Crippen LogP contribution < -0.4 is 0 Å². The van der Waals surface area contributed by atoms with Gasteiger partial charge in [-0.25, -0.2) is 8.78 Å². The molecule has 0 aromatic heterocycles. The van der Waals surface area contributed by atoms with E-state index in [2.05, 4.69) is 4.74 Å². The van der Waals surface area contributed by atoms with Gasteiger partial charge in [0.15, 0.2) is 12.0 Å². The number of rotatable bonds is 2. The van der Waals surface area contributed by atoms with E-state index in [1.165, 1.54) is 0 Å². The standard InChI is InChI=1S/C6H4F2O3/c7-6(8)4-1-3(10)5(2-9)11-4/h1-2,5-6H. The van der Waals surface area contributed by atoms with Gasteiger partial charge >= 0.3 is 0 Å². The zero-order valence-corrected chi connectivity index (χ0v) is 5.29. The van der Waals surface area contributed by atoms with Gasteiger partial charge in [0.2, 0.25) is 11.9 Å². The van der Waals surface area contributed by atoms with E-state index in [0.29, 0.717) is 6.08 Å². The van der Waals surface area contributed by atoms with E-state index in [4.69, 9.17) is 0 Å². The van der Waals surface area contributed by atoms with Gasteiger partial charge < -0.3 is 4.74 Å². The van der Waals surface area contributed by atoms with Gasteiger partial charge in [-0.15, -0.1) is 0 Å². The topological polar surface area (TPSA) is 43.4 Å². The Kier molecular flexibility index (Phi) is 1.98. The van der Waals surface area contributed by atoms with Crippen molar-refractivity contribution in [3.05, 3.63) is 11.8 Å². The monoisotopic (exact) mass is 162 g/mol. The number of halogens is 2. The highest BCUT2D eigenvalue weighted by Gasteiger charge is 2.30. The molecule has 1 rings (SSSR count). The zero-order valence-electron chi connectivity index (χ0n) is 5.29. The maximum absolute atomic E-state index is 11.8.